The van der Waals surface area contributed by atoms with E-state index in [0.717, 1.165) is 25.7 Å². The molecule has 0 N–H and O–H groups in total. The van der Waals surface area contributed by atoms with Gasteiger partial charge in [0.25, 0.3) is 0 Å². The summed E-state index contributed by atoms with van der Waals surface area (Å²) in [4.78, 5) is 20.5. The third kappa shape index (κ3) is 22.5. The molecule has 0 amide bonds. The zero-order valence-electron chi connectivity index (χ0n) is 10.2. The van der Waals surface area contributed by atoms with E-state index in [1.165, 1.54) is 0 Å². The highest BCUT2D eigenvalue weighted by molar-refractivity contribution is 5.75. The molecule has 0 bridgehead atoms. The van der Waals surface area contributed by atoms with Crippen LogP contribution in [0.4, 0.5) is 0 Å². The lowest BCUT2D eigenvalue weighted by atomic mass is 10.1. The van der Waals surface area contributed by atoms with E-state index in [1.807, 2.05) is 13.8 Å². The van der Waals surface area contributed by atoms with Crippen LogP contribution in [0.1, 0.15) is 60.3 Å². The molecule has 0 unspecified atom stereocenters. The highest BCUT2D eigenvalue weighted by Crippen LogP contribution is 1.97. The first-order valence-electron chi connectivity index (χ1n) is 5.39. The van der Waals surface area contributed by atoms with Gasteiger partial charge in [0.2, 0.25) is 0 Å². The van der Waals surface area contributed by atoms with Crippen molar-refractivity contribution >= 4 is 11.6 Å². The highest BCUT2D eigenvalue weighted by atomic mass is 16.1. The predicted octanol–water partition coefficient (Wildman–Crippen LogP) is 3.39. The normalized spacial score (nSPS) is 9.29. The van der Waals surface area contributed by atoms with Crippen molar-refractivity contribution in [3.63, 3.8) is 0 Å². The highest BCUT2D eigenvalue weighted by Gasteiger charge is 1.95. The van der Waals surface area contributed by atoms with Crippen LogP contribution in [0.2, 0.25) is 0 Å². The second-order valence-electron chi connectivity index (χ2n) is 4.11. The van der Waals surface area contributed by atoms with E-state index in [-0.39, 0.29) is 5.78 Å². The number of Topliss-reactive ketones (excluding diaryl/α,β-unsaturated/α-hetero) is 2. The molecule has 0 aromatic carbocycles. The van der Waals surface area contributed by atoms with Gasteiger partial charge in [-0.1, -0.05) is 27.2 Å². The van der Waals surface area contributed by atoms with Crippen LogP contribution >= 0.6 is 0 Å². The van der Waals surface area contributed by atoms with Crippen LogP contribution in [-0.4, -0.2) is 11.6 Å². The molecule has 0 aliphatic carbocycles. The lowest BCUT2D eigenvalue weighted by Crippen LogP contribution is -1.95. The second-order valence-corrected chi connectivity index (χ2v) is 4.11. The molecule has 0 radical (unpaired) electrons. The molecule has 0 rings (SSSR count). The molecule has 2 heteroatoms. The maximum Gasteiger partial charge on any atom is 0.130 e. The Labute approximate surface area is 88.1 Å². The minimum atomic E-state index is 0.287. The Morgan fingerprint density at radius 3 is 1.64 bits per heavy atom. The van der Waals surface area contributed by atoms with E-state index in [9.17, 15) is 9.59 Å². The topological polar surface area (TPSA) is 34.1 Å². The fourth-order valence-corrected chi connectivity index (χ4v) is 1.00. The van der Waals surface area contributed by atoms with Crippen LogP contribution in [-0.2, 0) is 9.59 Å². The van der Waals surface area contributed by atoms with Crippen molar-refractivity contribution in [2.45, 2.75) is 60.3 Å². The monoisotopic (exact) mass is 200 g/mol. The number of rotatable bonds is 5. The van der Waals surface area contributed by atoms with Crippen LogP contribution in [0.25, 0.3) is 0 Å². The Bertz CT molecular complexity index is 160. The minimum absolute atomic E-state index is 0.287. The molecular formula is C12H24O2. The quantitative estimate of drug-likeness (QED) is 0.681. The Morgan fingerprint density at radius 1 is 1.07 bits per heavy atom. The molecule has 0 spiro atoms. The minimum Gasteiger partial charge on any atom is -0.300 e. The lowest BCUT2D eigenvalue weighted by Gasteiger charge is -1.95. The summed E-state index contributed by atoms with van der Waals surface area (Å²) < 4.78 is 0. The number of hydrogen-bond donors (Lipinski definition) is 0. The SMILES string of the molecule is CC(=O)CC(C)C.CCCCC(C)=O. The smallest absolute Gasteiger partial charge is 0.130 e. The summed E-state index contributed by atoms with van der Waals surface area (Å²) >= 11 is 0. The Hall–Kier alpha value is -0.660. The van der Waals surface area contributed by atoms with Crippen LogP contribution in [0.3, 0.4) is 0 Å². The van der Waals surface area contributed by atoms with Crippen LogP contribution in [0, 0.1) is 5.92 Å². The van der Waals surface area contributed by atoms with Crippen LogP contribution in [0.15, 0.2) is 0 Å². The summed E-state index contributed by atoms with van der Waals surface area (Å²) in [6.45, 7) is 9.43. The zero-order valence-corrected chi connectivity index (χ0v) is 10.2. The van der Waals surface area contributed by atoms with Crippen molar-refractivity contribution in [2.75, 3.05) is 0 Å². The van der Waals surface area contributed by atoms with Crippen molar-refractivity contribution in [1.82, 2.24) is 0 Å². The summed E-state index contributed by atoms with van der Waals surface area (Å²) in [5.74, 6) is 1.12. The molecule has 0 fully saturated rings. The third-order valence-electron chi connectivity index (χ3n) is 1.58. The average molecular weight is 200 g/mol. The van der Waals surface area contributed by atoms with E-state index in [2.05, 4.69) is 6.92 Å². The Morgan fingerprint density at radius 2 is 1.57 bits per heavy atom. The van der Waals surface area contributed by atoms with Gasteiger partial charge < -0.3 is 9.59 Å². The summed E-state index contributed by atoms with van der Waals surface area (Å²) in [7, 11) is 0. The maximum atomic E-state index is 10.3. The van der Waals surface area contributed by atoms with Crippen molar-refractivity contribution in [2.24, 2.45) is 5.92 Å². The van der Waals surface area contributed by atoms with Crippen molar-refractivity contribution in [1.29, 1.82) is 0 Å². The molecule has 0 saturated carbocycles. The Kier molecular flexibility index (Phi) is 11.8. The molecular weight excluding hydrogens is 176 g/mol. The number of carbonyl (C=O) groups excluding carboxylic acids is 2. The standard InChI is InChI=1S/2C6H12O/c1-5(2)4-6(3)7;1-3-4-5-6(2)7/h5H,4H2,1-3H3;3-5H2,1-2H3. The molecule has 0 aromatic rings. The number of ketones is 2. The predicted molar refractivity (Wildman–Crippen MR) is 60.3 cm³/mol. The summed E-state index contributed by atoms with van der Waals surface area (Å²) in [5, 5.41) is 0. The molecule has 84 valence electrons. The first kappa shape index (κ1) is 15.8. The van der Waals surface area contributed by atoms with E-state index < -0.39 is 0 Å². The number of carbonyl (C=O) groups is 2. The molecule has 0 aliphatic heterocycles. The summed E-state index contributed by atoms with van der Waals surface area (Å²) in [5.41, 5.74) is 0. The second kappa shape index (κ2) is 10.4. The maximum absolute atomic E-state index is 10.3. The van der Waals surface area contributed by atoms with E-state index in [0.29, 0.717) is 11.7 Å². The van der Waals surface area contributed by atoms with Gasteiger partial charge in [-0.3, -0.25) is 0 Å². The van der Waals surface area contributed by atoms with Gasteiger partial charge in [-0.2, -0.15) is 0 Å². The molecule has 0 heterocycles. The lowest BCUT2D eigenvalue weighted by molar-refractivity contribution is -0.118. The number of unbranched alkanes of at least 4 members (excludes halogenated alkanes) is 1. The van der Waals surface area contributed by atoms with Crippen molar-refractivity contribution in [3.05, 3.63) is 0 Å². The van der Waals surface area contributed by atoms with Gasteiger partial charge in [0.1, 0.15) is 11.6 Å². The van der Waals surface area contributed by atoms with Crippen molar-refractivity contribution in [3.8, 4) is 0 Å². The van der Waals surface area contributed by atoms with Crippen LogP contribution in [0.5, 0.6) is 0 Å². The van der Waals surface area contributed by atoms with Gasteiger partial charge in [0.05, 0.1) is 0 Å². The molecule has 0 aromatic heterocycles. The molecule has 0 atom stereocenters. The Balaban J connectivity index is 0. The van der Waals surface area contributed by atoms with Crippen LogP contribution < -0.4 is 0 Å². The third-order valence-corrected chi connectivity index (χ3v) is 1.58. The van der Waals surface area contributed by atoms with Gasteiger partial charge in [-0.15, -0.1) is 0 Å². The van der Waals surface area contributed by atoms with Crippen molar-refractivity contribution < 1.29 is 9.59 Å². The van der Waals surface area contributed by atoms with Gasteiger partial charge in [0, 0.05) is 12.8 Å². The first-order valence-corrected chi connectivity index (χ1v) is 5.39. The summed E-state index contributed by atoms with van der Waals surface area (Å²) in [6, 6.07) is 0. The zero-order chi connectivity index (χ0) is 11.6. The number of hydrogen-bond acceptors (Lipinski definition) is 2. The van der Waals surface area contributed by atoms with E-state index in [4.69, 9.17) is 0 Å². The molecule has 0 aliphatic rings. The molecule has 0 saturated heterocycles. The largest absolute Gasteiger partial charge is 0.300 e. The van der Waals surface area contributed by atoms with E-state index >= 15 is 0 Å². The summed E-state index contributed by atoms with van der Waals surface area (Å²) in [6.07, 6.45) is 3.66. The first-order chi connectivity index (χ1) is 6.40. The fraction of sp³-hybridized carbons (Fsp3) is 0.833. The van der Waals surface area contributed by atoms with Gasteiger partial charge >= 0.3 is 0 Å². The van der Waals surface area contributed by atoms with Gasteiger partial charge in [0.15, 0.2) is 0 Å². The van der Waals surface area contributed by atoms with Gasteiger partial charge in [-0.25, -0.2) is 0 Å². The average Bonchev–Trinajstić information content (AvgIpc) is 1.99. The molecule has 14 heavy (non-hydrogen) atoms. The van der Waals surface area contributed by atoms with Gasteiger partial charge in [-0.05, 0) is 26.2 Å². The fourth-order valence-electron chi connectivity index (χ4n) is 1.00. The molecule has 2 nitrogen and oxygen atoms in total. The van der Waals surface area contributed by atoms with E-state index in [1.54, 1.807) is 13.8 Å².